The Morgan fingerprint density at radius 1 is 1.08 bits per heavy atom. The van der Waals surface area contributed by atoms with E-state index < -0.39 is 11.5 Å². The van der Waals surface area contributed by atoms with Crippen LogP contribution in [0.5, 0.6) is 11.5 Å². The zero-order valence-corrected chi connectivity index (χ0v) is 12.9. The molecule has 1 heterocycles. The first-order valence-corrected chi connectivity index (χ1v) is 7.20. The van der Waals surface area contributed by atoms with Crippen LogP contribution in [0.3, 0.4) is 0 Å². The van der Waals surface area contributed by atoms with Crippen LogP contribution in [0.2, 0.25) is 0 Å². The second-order valence-corrected chi connectivity index (χ2v) is 5.13. The zero-order valence-electron chi connectivity index (χ0n) is 12.9. The lowest BCUT2D eigenvalue weighted by molar-refractivity contribution is -0.119. The number of rotatable bonds is 5. The van der Waals surface area contributed by atoms with Gasteiger partial charge in [-0.1, -0.05) is 12.1 Å². The first kappa shape index (κ1) is 15.6. The summed E-state index contributed by atoms with van der Waals surface area (Å²) in [6.45, 7) is -0.197. The third-order valence-electron chi connectivity index (χ3n) is 3.49. The fourth-order valence-corrected chi connectivity index (χ4v) is 2.31. The van der Waals surface area contributed by atoms with Gasteiger partial charge in [0.05, 0.1) is 12.7 Å². The van der Waals surface area contributed by atoms with Crippen LogP contribution in [0.4, 0.5) is 0 Å². The minimum absolute atomic E-state index is 0.197. The summed E-state index contributed by atoms with van der Waals surface area (Å²) >= 11 is 0. The van der Waals surface area contributed by atoms with E-state index in [0.29, 0.717) is 28.2 Å². The van der Waals surface area contributed by atoms with E-state index in [2.05, 4.69) is 0 Å². The molecule has 0 aliphatic heterocycles. The normalized spacial score (nSPS) is 10.5. The minimum Gasteiger partial charge on any atom is -0.497 e. The molecule has 2 N–H and O–H groups in total. The van der Waals surface area contributed by atoms with E-state index in [9.17, 15) is 9.59 Å². The summed E-state index contributed by atoms with van der Waals surface area (Å²) in [6.07, 6.45) is 0. The highest BCUT2D eigenvalue weighted by molar-refractivity contribution is 5.83. The number of carbonyl (C=O) groups is 1. The summed E-state index contributed by atoms with van der Waals surface area (Å²) in [5.74, 6) is 0.616. The third kappa shape index (κ3) is 3.22. The number of benzene rings is 2. The topological polar surface area (TPSA) is 91.8 Å². The molecule has 0 spiro atoms. The van der Waals surface area contributed by atoms with Gasteiger partial charge >= 0.3 is 5.63 Å². The molecule has 1 aromatic heterocycles. The Morgan fingerprint density at radius 2 is 1.79 bits per heavy atom. The van der Waals surface area contributed by atoms with Gasteiger partial charge in [-0.15, -0.1) is 0 Å². The molecule has 3 rings (SSSR count). The van der Waals surface area contributed by atoms with Gasteiger partial charge in [-0.25, -0.2) is 4.79 Å². The Kier molecular flexibility index (Phi) is 4.20. The Hall–Kier alpha value is -3.28. The van der Waals surface area contributed by atoms with Crippen molar-refractivity contribution in [3.05, 3.63) is 59.0 Å². The molecule has 0 aliphatic carbocycles. The van der Waals surface area contributed by atoms with E-state index in [1.54, 1.807) is 55.6 Å². The lowest BCUT2D eigenvalue weighted by atomic mass is 10.1. The first-order valence-electron chi connectivity index (χ1n) is 7.20. The summed E-state index contributed by atoms with van der Waals surface area (Å²) < 4.78 is 15.7. The molecule has 0 atom stereocenters. The van der Waals surface area contributed by atoms with Gasteiger partial charge in [0.2, 0.25) is 0 Å². The van der Waals surface area contributed by atoms with Gasteiger partial charge in [0.15, 0.2) is 6.61 Å². The van der Waals surface area contributed by atoms with Gasteiger partial charge in [0.25, 0.3) is 5.91 Å². The van der Waals surface area contributed by atoms with E-state index in [0.717, 1.165) is 5.39 Å². The number of primary amides is 1. The summed E-state index contributed by atoms with van der Waals surface area (Å²) in [6, 6.07) is 13.7. The Morgan fingerprint density at radius 3 is 2.46 bits per heavy atom. The molecule has 122 valence electrons. The molecule has 1 amide bonds. The van der Waals surface area contributed by atoms with Crippen molar-refractivity contribution >= 4 is 16.9 Å². The van der Waals surface area contributed by atoms with Crippen molar-refractivity contribution in [2.75, 3.05) is 13.7 Å². The van der Waals surface area contributed by atoms with Crippen molar-refractivity contribution in [2.45, 2.75) is 0 Å². The average molecular weight is 325 g/mol. The van der Waals surface area contributed by atoms with Crippen LogP contribution >= 0.6 is 0 Å². The van der Waals surface area contributed by atoms with Crippen molar-refractivity contribution in [3.8, 4) is 22.6 Å². The number of methoxy groups -OCH3 is 1. The Balaban J connectivity index is 1.97. The maximum absolute atomic E-state index is 12.2. The monoisotopic (exact) mass is 325 g/mol. The number of nitrogens with two attached hydrogens (primary N) is 1. The molecule has 2 aromatic carbocycles. The second kappa shape index (κ2) is 6.45. The van der Waals surface area contributed by atoms with Crippen LogP contribution in [0.1, 0.15) is 0 Å². The van der Waals surface area contributed by atoms with Crippen molar-refractivity contribution in [1.82, 2.24) is 0 Å². The lowest BCUT2D eigenvalue weighted by Crippen LogP contribution is -2.19. The van der Waals surface area contributed by atoms with E-state index in [1.165, 1.54) is 0 Å². The van der Waals surface area contributed by atoms with Crippen molar-refractivity contribution in [3.63, 3.8) is 0 Å². The smallest absolute Gasteiger partial charge is 0.344 e. The molecule has 0 saturated carbocycles. The number of fused-ring (bicyclic) bond motifs is 1. The van der Waals surface area contributed by atoms with Crippen molar-refractivity contribution < 1.29 is 18.7 Å². The van der Waals surface area contributed by atoms with Gasteiger partial charge < -0.3 is 19.6 Å². The van der Waals surface area contributed by atoms with E-state index in [-0.39, 0.29) is 6.61 Å². The molecule has 0 fully saturated rings. The molecule has 6 nitrogen and oxygen atoms in total. The van der Waals surface area contributed by atoms with E-state index >= 15 is 0 Å². The fourth-order valence-electron chi connectivity index (χ4n) is 2.31. The Labute approximate surface area is 137 Å². The zero-order chi connectivity index (χ0) is 17.1. The maximum Gasteiger partial charge on any atom is 0.344 e. The predicted molar refractivity (Wildman–Crippen MR) is 89.2 cm³/mol. The SMILES string of the molecule is COc1ccc2oc(=O)c(-c3ccc(OCC(N)=O)cc3)cc2c1. The van der Waals surface area contributed by atoms with Crippen LogP contribution in [-0.4, -0.2) is 19.6 Å². The maximum atomic E-state index is 12.2. The first-order chi connectivity index (χ1) is 11.6. The van der Waals surface area contributed by atoms with Gasteiger partial charge in [0.1, 0.15) is 17.1 Å². The van der Waals surface area contributed by atoms with Crippen molar-refractivity contribution in [1.29, 1.82) is 0 Å². The third-order valence-corrected chi connectivity index (χ3v) is 3.49. The van der Waals surface area contributed by atoms with Gasteiger partial charge in [-0.3, -0.25) is 4.79 Å². The lowest BCUT2D eigenvalue weighted by Gasteiger charge is -2.06. The van der Waals surface area contributed by atoms with Crippen LogP contribution < -0.4 is 20.8 Å². The standard InChI is InChI=1S/C18H15NO5/c1-22-14-6-7-16-12(8-14)9-15(18(21)24-16)11-2-4-13(5-3-11)23-10-17(19)20/h2-9H,10H2,1H3,(H2,19,20). The second-order valence-electron chi connectivity index (χ2n) is 5.13. The summed E-state index contributed by atoms with van der Waals surface area (Å²) in [7, 11) is 1.58. The average Bonchev–Trinajstić information content (AvgIpc) is 2.59. The largest absolute Gasteiger partial charge is 0.497 e. The molecule has 6 heteroatoms. The molecule has 0 saturated heterocycles. The molecule has 3 aromatic rings. The van der Waals surface area contributed by atoms with E-state index in [1.807, 2.05) is 0 Å². The summed E-state index contributed by atoms with van der Waals surface area (Å²) in [5, 5.41) is 0.762. The number of hydrogen-bond donors (Lipinski definition) is 1. The highest BCUT2D eigenvalue weighted by Gasteiger charge is 2.09. The molecule has 0 radical (unpaired) electrons. The van der Waals surface area contributed by atoms with Gasteiger partial charge in [0, 0.05) is 5.39 Å². The Bertz CT molecular complexity index is 944. The molecule has 0 unspecified atom stereocenters. The molecule has 24 heavy (non-hydrogen) atoms. The van der Waals surface area contributed by atoms with Crippen LogP contribution in [0, 0.1) is 0 Å². The highest BCUT2D eigenvalue weighted by atomic mass is 16.5. The quantitative estimate of drug-likeness (QED) is 0.727. The number of amides is 1. The highest BCUT2D eigenvalue weighted by Crippen LogP contribution is 2.25. The minimum atomic E-state index is -0.553. The molecule has 0 bridgehead atoms. The summed E-state index contributed by atoms with van der Waals surface area (Å²) in [5.41, 5.74) is 6.20. The van der Waals surface area contributed by atoms with Gasteiger partial charge in [-0.05, 0) is 42.0 Å². The summed E-state index contributed by atoms with van der Waals surface area (Å²) in [4.78, 5) is 22.9. The number of hydrogen-bond acceptors (Lipinski definition) is 5. The van der Waals surface area contributed by atoms with E-state index in [4.69, 9.17) is 19.6 Å². The predicted octanol–water partition coefficient (Wildman–Crippen LogP) is 2.33. The van der Waals surface area contributed by atoms with Crippen LogP contribution in [0.15, 0.2) is 57.7 Å². The number of ether oxygens (including phenoxy) is 2. The van der Waals surface area contributed by atoms with Crippen LogP contribution in [-0.2, 0) is 4.79 Å². The van der Waals surface area contributed by atoms with Crippen LogP contribution in [0.25, 0.3) is 22.1 Å². The van der Waals surface area contributed by atoms with Gasteiger partial charge in [-0.2, -0.15) is 0 Å². The van der Waals surface area contributed by atoms with Crippen molar-refractivity contribution in [2.24, 2.45) is 5.73 Å². The molecular formula is C18H15NO5. The number of carbonyl (C=O) groups excluding carboxylic acids is 1. The molecule has 0 aliphatic rings. The fraction of sp³-hybridized carbons (Fsp3) is 0.111. The molecular weight excluding hydrogens is 310 g/mol.